The minimum atomic E-state index is -0.337. The third kappa shape index (κ3) is 4.97. The Morgan fingerprint density at radius 3 is 2.31 bits per heavy atom. The van der Waals surface area contributed by atoms with E-state index in [1.807, 2.05) is 20.8 Å². The molecule has 142 valence electrons. The number of nitrogens with one attached hydrogen (secondary N) is 1. The van der Waals surface area contributed by atoms with Crippen LogP contribution in [-0.4, -0.2) is 66.9 Å². The maximum Gasteiger partial charge on any atom is 0.255 e. The highest BCUT2D eigenvalue weighted by Crippen LogP contribution is 2.17. The van der Waals surface area contributed by atoms with Gasteiger partial charge in [0.25, 0.3) is 5.91 Å². The van der Waals surface area contributed by atoms with E-state index in [1.165, 1.54) is 0 Å². The Balaban J connectivity index is 1.84. The number of benzene rings is 1. The van der Waals surface area contributed by atoms with Gasteiger partial charge in [0.05, 0.1) is 18.7 Å². The average Bonchev–Trinajstić information content (AvgIpc) is 2.66. The molecule has 1 aromatic rings. The van der Waals surface area contributed by atoms with Crippen LogP contribution in [0.25, 0.3) is 0 Å². The third-order valence-corrected chi connectivity index (χ3v) is 4.27. The Morgan fingerprint density at radius 2 is 1.69 bits per heavy atom. The van der Waals surface area contributed by atoms with Crippen molar-refractivity contribution in [2.24, 2.45) is 5.92 Å². The van der Waals surface area contributed by atoms with Crippen LogP contribution in [0.5, 0.6) is 5.75 Å². The molecule has 0 atom stereocenters. The Morgan fingerprint density at radius 1 is 1.08 bits per heavy atom. The summed E-state index contributed by atoms with van der Waals surface area (Å²) in [5, 5.41) is 2.66. The van der Waals surface area contributed by atoms with Crippen LogP contribution in [0.4, 0.5) is 0 Å². The number of para-hydroxylation sites is 1. The van der Waals surface area contributed by atoms with Crippen LogP contribution >= 0.6 is 0 Å². The lowest BCUT2D eigenvalue weighted by molar-refractivity contribution is -0.140. The molecule has 1 fully saturated rings. The zero-order valence-corrected chi connectivity index (χ0v) is 15.7. The summed E-state index contributed by atoms with van der Waals surface area (Å²) in [6.45, 7) is 8.02. The molecule has 0 saturated carbocycles. The van der Waals surface area contributed by atoms with Crippen LogP contribution in [0.1, 0.15) is 31.1 Å². The number of rotatable bonds is 6. The molecule has 1 saturated heterocycles. The van der Waals surface area contributed by atoms with Gasteiger partial charge in [-0.1, -0.05) is 26.0 Å². The summed E-state index contributed by atoms with van der Waals surface area (Å²) in [7, 11) is 0. The highest BCUT2D eigenvalue weighted by atomic mass is 16.5. The molecule has 2 rings (SSSR count). The minimum absolute atomic E-state index is 0.0399. The number of carbonyl (C=O) groups excluding carboxylic acids is 3. The molecule has 1 aliphatic rings. The van der Waals surface area contributed by atoms with Gasteiger partial charge in [-0.15, -0.1) is 0 Å². The molecular weight excluding hydrogens is 334 g/mol. The van der Waals surface area contributed by atoms with Crippen molar-refractivity contribution in [1.29, 1.82) is 0 Å². The molecule has 0 aliphatic carbocycles. The molecule has 0 spiro atoms. The topological polar surface area (TPSA) is 79.0 Å². The summed E-state index contributed by atoms with van der Waals surface area (Å²) < 4.78 is 5.44. The summed E-state index contributed by atoms with van der Waals surface area (Å²) in [4.78, 5) is 40.1. The second-order valence-electron chi connectivity index (χ2n) is 6.47. The largest absolute Gasteiger partial charge is 0.493 e. The van der Waals surface area contributed by atoms with Crippen LogP contribution < -0.4 is 10.1 Å². The first kappa shape index (κ1) is 19.8. The first-order chi connectivity index (χ1) is 12.4. The van der Waals surface area contributed by atoms with E-state index in [0.29, 0.717) is 44.1 Å². The van der Waals surface area contributed by atoms with Crippen molar-refractivity contribution in [3.63, 3.8) is 0 Å². The molecular formula is C19H27N3O4. The molecule has 0 aromatic heterocycles. The second-order valence-corrected chi connectivity index (χ2v) is 6.47. The smallest absolute Gasteiger partial charge is 0.255 e. The fraction of sp³-hybridized carbons (Fsp3) is 0.526. The van der Waals surface area contributed by atoms with Gasteiger partial charge in [-0.25, -0.2) is 0 Å². The van der Waals surface area contributed by atoms with Crippen LogP contribution in [0, 0.1) is 5.92 Å². The molecule has 0 unspecified atom stereocenters. The highest BCUT2D eigenvalue weighted by Gasteiger charge is 2.25. The number of hydrogen-bond acceptors (Lipinski definition) is 4. The Labute approximate surface area is 154 Å². The SMILES string of the molecule is CCOc1ccccc1C(=O)NCC(=O)N1CCN(C(=O)C(C)C)CC1. The molecule has 7 nitrogen and oxygen atoms in total. The van der Waals surface area contributed by atoms with Gasteiger partial charge in [0.15, 0.2) is 0 Å². The zero-order chi connectivity index (χ0) is 19.1. The van der Waals surface area contributed by atoms with Crippen molar-refractivity contribution in [2.75, 3.05) is 39.3 Å². The van der Waals surface area contributed by atoms with E-state index in [2.05, 4.69) is 5.32 Å². The van der Waals surface area contributed by atoms with E-state index < -0.39 is 0 Å². The lowest BCUT2D eigenvalue weighted by Crippen LogP contribution is -2.53. The molecule has 1 N–H and O–H groups in total. The van der Waals surface area contributed by atoms with Crippen molar-refractivity contribution < 1.29 is 19.1 Å². The predicted molar refractivity (Wildman–Crippen MR) is 97.9 cm³/mol. The maximum absolute atomic E-state index is 12.3. The Hall–Kier alpha value is -2.57. The van der Waals surface area contributed by atoms with Crippen molar-refractivity contribution in [2.45, 2.75) is 20.8 Å². The van der Waals surface area contributed by atoms with Gasteiger partial charge in [-0.3, -0.25) is 14.4 Å². The second kappa shape index (κ2) is 9.22. The number of nitrogens with zero attached hydrogens (tertiary/aromatic N) is 2. The molecule has 3 amide bonds. The molecule has 1 aromatic carbocycles. The van der Waals surface area contributed by atoms with Gasteiger partial charge >= 0.3 is 0 Å². The molecule has 7 heteroatoms. The van der Waals surface area contributed by atoms with Crippen molar-refractivity contribution in [3.05, 3.63) is 29.8 Å². The molecule has 0 radical (unpaired) electrons. The standard InChI is InChI=1S/C19H27N3O4/c1-4-26-16-8-6-5-7-15(16)18(24)20-13-17(23)21-9-11-22(12-10-21)19(25)14(2)3/h5-8,14H,4,9-13H2,1-3H3,(H,20,24). The van der Waals surface area contributed by atoms with E-state index in [4.69, 9.17) is 4.74 Å². The summed E-state index contributed by atoms with van der Waals surface area (Å²) >= 11 is 0. The highest BCUT2D eigenvalue weighted by molar-refractivity contribution is 5.98. The van der Waals surface area contributed by atoms with Crippen LogP contribution in [0.2, 0.25) is 0 Å². The summed E-state index contributed by atoms with van der Waals surface area (Å²) in [5.41, 5.74) is 0.412. The number of piperazine rings is 1. The monoisotopic (exact) mass is 361 g/mol. The van der Waals surface area contributed by atoms with Gasteiger partial charge in [0.2, 0.25) is 11.8 Å². The van der Waals surface area contributed by atoms with Gasteiger partial charge in [-0.2, -0.15) is 0 Å². The van der Waals surface area contributed by atoms with Gasteiger partial charge in [0, 0.05) is 32.1 Å². The zero-order valence-electron chi connectivity index (χ0n) is 15.7. The third-order valence-electron chi connectivity index (χ3n) is 4.27. The first-order valence-electron chi connectivity index (χ1n) is 9.00. The number of carbonyl (C=O) groups is 3. The van der Waals surface area contributed by atoms with E-state index >= 15 is 0 Å². The van der Waals surface area contributed by atoms with E-state index in [-0.39, 0.29) is 30.2 Å². The minimum Gasteiger partial charge on any atom is -0.493 e. The van der Waals surface area contributed by atoms with Crippen molar-refractivity contribution in [1.82, 2.24) is 15.1 Å². The quantitative estimate of drug-likeness (QED) is 0.824. The lowest BCUT2D eigenvalue weighted by Gasteiger charge is -2.35. The lowest BCUT2D eigenvalue weighted by atomic mass is 10.1. The summed E-state index contributed by atoms with van der Waals surface area (Å²) in [5.74, 6) is 0.0838. The van der Waals surface area contributed by atoms with Gasteiger partial charge < -0.3 is 19.9 Å². The molecule has 1 heterocycles. The van der Waals surface area contributed by atoms with Crippen LogP contribution in [0.3, 0.4) is 0 Å². The van der Waals surface area contributed by atoms with Crippen LogP contribution in [-0.2, 0) is 9.59 Å². The number of amides is 3. The maximum atomic E-state index is 12.3. The first-order valence-corrected chi connectivity index (χ1v) is 9.00. The van der Waals surface area contributed by atoms with Crippen molar-refractivity contribution in [3.8, 4) is 5.75 Å². The molecule has 26 heavy (non-hydrogen) atoms. The van der Waals surface area contributed by atoms with Gasteiger partial charge in [0.1, 0.15) is 5.75 Å². The fourth-order valence-corrected chi connectivity index (χ4v) is 2.84. The number of ether oxygens (including phenoxy) is 1. The average molecular weight is 361 g/mol. The van der Waals surface area contributed by atoms with E-state index in [9.17, 15) is 14.4 Å². The Bertz CT molecular complexity index is 652. The van der Waals surface area contributed by atoms with E-state index in [0.717, 1.165) is 0 Å². The normalized spacial score (nSPS) is 14.3. The fourth-order valence-electron chi connectivity index (χ4n) is 2.84. The van der Waals surface area contributed by atoms with Crippen molar-refractivity contribution >= 4 is 17.7 Å². The summed E-state index contributed by atoms with van der Waals surface area (Å²) in [6, 6.07) is 6.95. The van der Waals surface area contributed by atoms with Crippen LogP contribution in [0.15, 0.2) is 24.3 Å². The van der Waals surface area contributed by atoms with E-state index in [1.54, 1.807) is 34.1 Å². The molecule has 0 bridgehead atoms. The number of hydrogen-bond donors (Lipinski definition) is 1. The molecule has 1 aliphatic heterocycles. The van der Waals surface area contributed by atoms with Gasteiger partial charge in [-0.05, 0) is 19.1 Å². The Kier molecular flexibility index (Phi) is 7.00. The summed E-state index contributed by atoms with van der Waals surface area (Å²) in [6.07, 6.45) is 0. The predicted octanol–water partition coefficient (Wildman–Crippen LogP) is 1.14.